The summed E-state index contributed by atoms with van der Waals surface area (Å²) in [6.07, 6.45) is 0.684. The molecule has 8 heteroatoms. The van der Waals surface area contributed by atoms with E-state index in [1.54, 1.807) is 20.3 Å². The Hall–Kier alpha value is -2.87. The van der Waals surface area contributed by atoms with Gasteiger partial charge in [-0.3, -0.25) is 15.6 Å². The monoisotopic (exact) mass is 377 g/mol. The molecule has 0 aliphatic rings. The molecule has 0 unspecified atom stereocenters. The normalized spacial score (nSPS) is 9.96. The van der Waals surface area contributed by atoms with E-state index < -0.39 is 11.7 Å². The van der Waals surface area contributed by atoms with Gasteiger partial charge in [-0.1, -0.05) is 18.2 Å². The first-order chi connectivity index (χ1) is 12.5. The van der Waals surface area contributed by atoms with Crippen LogP contribution < -0.4 is 25.6 Å². The van der Waals surface area contributed by atoms with Crippen molar-refractivity contribution in [1.82, 2.24) is 16.2 Å². The highest BCUT2D eigenvalue weighted by Crippen LogP contribution is 2.27. The summed E-state index contributed by atoms with van der Waals surface area (Å²) in [6.45, 7) is 0.539. The summed E-state index contributed by atoms with van der Waals surface area (Å²) >= 11 is 5.08. The number of carbonyl (C=O) groups excluding carboxylic acids is 1. The summed E-state index contributed by atoms with van der Waals surface area (Å²) in [6, 6.07) is 11.3. The summed E-state index contributed by atoms with van der Waals surface area (Å²) in [5, 5.41) is 3.19. The van der Waals surface area contributed by atoms with Crippen LogP contribution in [0.2, 0.25) is 0 Å². The minimum absolute atomic E-state index is 0.0619. The number of thiocarbonyl (C=S) groups is 1. The van der Waals surface area contributed by atoms with Crippen LogP contribution in [0.5, 0.6) is 11.5 Å². The minimum atomic E-state index is -0.604. The molecular weight excluding hydrogens is 357 g/mol. The maximum atomic E-state index is 13.5. The largest absolute Gasteiger partial charge is 0.493 e. The zero-order valence-electron chi connectivity index (χ0n) is 14.5. The zero-order valence-corrected chi connectivity index (χ0v) is 15.3. The molecule has 0 fully saturated rings. The van der Waals surface area contributed by atoms with E-state index in [-0.39, 0.29) is 10.7 Å². The second kappa shape index (κ2) is 9.57. The van der Waals surface area contributed by atoms with Crippen LogP contribution in [-0.4, -0.2) is 31.8 Å². The number of hydrazine groups is 1. The smallest absolute Gasteiger partial charge is 0.272 e. The molecular formula is C18H20FN3O3S. The summed E-state index contributed by atoms with van der Waals surface area (Å²) in [5.74, 6) is 0.117. The average Bonchev–Trinajstić information content (AvgIpc) is 2.66. The maximum Gasteiger partial charge on any atom is 0.272 e. The topological polar surface area (TPSA) is 71.6 Å². The van der Waals surface area contributed by atoms with Crippen LogP contribution in [0.25, 0.3) is 0 Å². The second-order valence-corrected chi connectivity index (χ2v) is 5.66. The highest BCUT2D eigenvalue weighted by molar-refractivity contribution is 7.80. The third kappa shape index (κ3) is 5.32. The van der Waals surface area contributed by atoms with E-state index >= 15 is 0 Å². The van der Waals surface area contributed by atoms with E-state index in [1.165, 1.54) is 18.2 Å². The average molecular weight is 377 g/mol. The number of hydrogen-bond acceptors (Lipinski definition) is 4. The molecule has 0 bridgehead atoms. The number of carbonyl (C=O) groups is 1. The predicted molar refractivity (Wildman–Crippen MR) is 101 cm³/mol. The molecule has 1 amide bonds. The Kier molecular flexibility index (Phi) is 7.16. The van der Waals surface area contributed by atoms with Crippen LogP contribution in [-0.2, 0) is 6.42 Å². The van der Waals surface area contributed by atoms with Crippen molar-refractivity contribution in [2.45, 2.75) is 6.42 Å². The lowest BCUT2D eigenvalue weighted by atomic mass is 10.1. The van der Waals surface area contributed by atoms with E-state index in [9.17, 15) is 9.18 Å². The van der Waals surface area contributed by atoms with Gasteiger partial charge < -0.3 is 14.8 Å². The Morgan fingerprint density at radius 1 is 1.08 bits per heavy atom. The lowest BCUT2D eigenvalue weighted by Crippen LogP contribution is -2.47. The molecule has 0 heterocycles. The fraction of sp³-hybridized carbons (Fsp3) is 0.222. The van der Waals surface area contributed by atoms with Gasteiger partial charge in [0.2, 0.25) is 0 Å². The van der Waals surface area contributed by atoms with Gasteiger partial charge in [0.1, 0.15) is 5.82 Å². The maximum absolute atomic E-state index is 13.5. The predicted octanol–water partition coefficient (Wildman–Crippen LogP) is 2.19. The first-order valence-corrected chi connectivity index (χ1v) is 8.25. The minimum Gasteiger partial charge on any atom is -0.493 e. The molecule has 6 nitrogen and oxygen atoms in total. The second-order valence-electron chi connectivity index (χ2n) is 5.25. The molecule has 0 saturated heterocycles. The lowest BCUT2D eigenvalue weighted by molar-refractivity contribution is 0.0939. The van der Waals surface area contributed by atoms with E-state index in [0.29, 0.717) is 24.5 Å². The number of methoxy groups -OCH3 is 2. The van der Waals surface area contributed by atoms with Gasteiger partial charge in [-0.25, -0.2) is 4.39 Å². The molecule has 0 radical (unpaired) electrons. The van der Waals surface area contributed by atoms with Crippen molar-refractivity contribution < 1.29 is 18.7 Å². The summed E-state index contributed by atoms with van der Waals surface area (Å²) in [5.41, 5.74) is 5.87. The number of ether oxygens (including phenoxy) is 2. The molecule has 2 rings (SSSR count). The molecule has 2 aromatic carbocycles. The molecule has 138 valence electrons. The SMILES string of the molecule is COc1ccc(CCNC(=S)NNC(=O)c2ccccc2F)cc1OC. The first-order valence-electron chi connectivity index (χ1n) is 7.84. The van der Waals surface area contributed by atoms with Crippen LogP contribution in [0.15, 0.2) is 42.5 Å². The van der Waals surface area contributed by atoms with Gasteiger partial charge in [0.15, 0.2) is 16.6 Å². The summed E-state index contributed by atoms with van der Waals surface area (Å²) < 4.78 is 24.0. The number of rotatable bonds is 6. The zero-order chi connectivity index (χ0) is 18.9. The summed E-state index contributed by atoms with van der Waals surface area (Å²) in [4.78, 5) is 11.9. The van der Waals surface area contributed by atoms with Crippen LogP contribution in [0.1, 0.15) is 15.9 Å². The molecule has 0 atom stereocenters. The van der Waals surface area contributed by atoms with Gasteiger partial charge in [0, 0.05) is 6.54 Å². The van der Waals surface area contributed by atoms with Crippen LogP contribution in [0, 0.1) is 5.82 Å². The van der Waals surface area contributed by atoms with E-state index in [2.05, 4.69) is 16.2 Å². The Labute approximate surface area is 156 Å². The van der Waals surface area contributed by atoms with E-state index in [0.717, 1.165) is 5.56 Å². The van der Waals surface area contributed by atoms with Crippen molar-refractivity contribution in [1.29, 1.82) is 0 Å². The van der Waals surface area contributed by atoms with Crippen molar-refractivity contribution >= 4 is 23.2 Å². The molecule has 0 spiro atoms. The fourth-order valence-corrected chi connectivity index (χ4v) is 2.38. The van der Waals surface area contributed by atoms with Gasteiger partial charge in [-0.2, -0.15) is 0 Å². The number of amides is 1. The van der Waals surface area contributed by atoms with Gasteiger partial charge in [-0.15, -0.1) is 0 Å². The van der Waals surface area contributed by atoms with E-state index in [4.69, 9.17) is 21.7 Å². The third-order valence-electron chi connectivity index (χ3n) is 3.56. The van der Waals surface area contributed by atoms with Gasteiger partial charge in [0.05, 0.1) is 19.8 Å². The van der Waals surface area contributed by atoms with Gasteiger partial charge in [-0.05, 0) is 48.5 Å². The van der Waals surface area contributed by atoms with Crippen LogP contribution in [0.4, 0.5) is 4.39 Å². The van der Waals surface area contributed by atoms with Crippen molar-refractivity contribution in [2.24, 2.45) is 0 Å². The molecule has 0 aliphatic carbocycles. The number of hydrogen-bond donors (Lipinski definition) is 3. The highest BCUT2D eigenvalue weighted by atomic mass is 32.1. The van der Waals surface area contributed by atoms with Crippen molar-refractivity contribution in [2.75, 3.05) is 20.8 Å². The molecule has 0 aliphatic heterocycles. The molecule has 0 saturated carbocycles. The fourth-order valence-electron chi connectivity index (χ4n) is 2.23. The Bertz CT molecular complexity index is 786. The van der Waals surface area contributed by atoms with Crippen molar-refractivity contribution in [3.05, 3.63) is 59.4 Å². The molecule has 0 aromatic heterocycles. The third-order valence-corrected chi connectivity index (χ3v) is 3.80. The number of benzene rings is 2. The molecule has 3 N–H and O–H groups in total. The first kappa shape index (κ1) is 19.5. The Morgan fingerprint density at radius 2 is 1.81 bits per heavy atom. The Balaban J connectivity index is 1.77. The Morgan fingerprint density at radius 3 is 2.50 bits per heavy atom. The standard InChI is InChI=1S/C18H20FN3O3S/c1-24-15-8-7-12(11-16(15)25-2)9-10-20-18(26)22-21-17(23)13-5-3-4-6-14(13)19/h3-8,11H,9-10H2,1-2H3,(H,21,23)(H2,20,22,26). The molecule has 26 heavy (non-hydrogen) atoms. The van der Waals surface area contributed by atoms with Crippen molar-refractivity contribution in [3.8, 4) is 11.5 Å². The van der Waals surface area contributed by atoms with Gasteiger partial charge >= 0.3 is 0 Å². The number of halogens is 1. The molecule has 2 aromatic rings. The number of nitrogens with one attached hydrogen (secondary N) is 3. The van der Waals surface area contributed by atoms with Crippen molar-refractivity contribution in [3.63, 3.8) is 0 Å². The van der Waals surface area contributed by atoms with Gasteiger partial charge in [0.25, 0.3) is 5.91 Å². The van der Waals surface area contributed by atoms with Crippen LogP contribution in [0.3, 0.4) is 0 Å². The lowest BCUT2D eigenvalue weighted by Gasteiger charge is -2.13. The summed E-state index contributed by atoms with van der Waals surface area (Å²) in [7, 11) is 3.16. The highest BCUT2D eigenvalue weighted by Gasteiger charge is 2.10. The van der Waals surface area contributed by atoms with Crippen LogP contribution >= 0.6 is 12.2 Å². The quantitative estimate of drug-likeness (QED) is 0.530. The van der Waals surface area contributed by atoms with E-state index in [1.807, 2.05) is 18.2 Å².